The second kappa shape index (κ2) is 6.38. The predicted octanol–water partition coefficient (Wildman–Crippen LogP) is 3.61. The lowest BCUT2D eigenvalue weighted by Crippen LogP contribution is -2.57. The van der Waals surface area contributed by atoms with Gasteiger partial charge in [0.1, 0.15) is 0 Å². The molecule has 3 unspecified atom stereocenters. The second-order valence-electron chi connectivity index (χ2n) is 5.40. The van der Waals surface area contributed by atoms with Gasteiger partial charge < -0.3 is 5.32 Å². The quantitative estimate of drug-likeness (QED) is 0.910. The van der Waals surface area contributed by atoms with Crippen LogP contribution in [0.3, 0.4) is 0 Å². The second-order valence-corrected chi connectivity index (χ2v) is 7.20. The molecule has 0 saturated carbocycles. The Balaban J connectivity index is 2.05. The van der Waals surface area contributed by atoms with Gasteiger partial charge in [-0.1, -0.05) is 31.9 Å². The molecule has 4 heteroatoms. The summed E-state index contributed by atoms with van der Waals surface area (Å²) >= 11 is 7.73. The van der Waals surface area contributed by atoms with E-state index in [2.05, 4.69) is 37.1 Å². The van der Waals surface area contributed by atoms with E-state index in [1.165, 1.54) is 11.3 Å². The highest BCUT2D eigenvalue weighted by atomic mass is 35.5. The lowest BCUT2D eigenvalue weighted by molar-refractivity contribution is 0.0895. The molecule has 1 aromatic heterocycles. The van der Waals surface area contributed by atoms with Crippen LogP contribution in [0, 0.1) is 5.92 Å². The Morgan fingerprint density at radius 2 is 2.33 bits per heavy atom. The van der Waals surface area contributed by atoms with Crippen molar-refractivity contribution in [2.24, 2.45) is 5.92 Å². The zero-order valence-corrected chi connectivity index (χ0v) is 13.0. The molecule has 1 saturated heterocycles. The summed E-state index contributed by atoms with van der Waals surface area (Å²) in [5, 5.41) is 3.60. The molecular weight excluding hydrogens is 264 g/mol. The van der Waals surface area contributed by atoms with Crippen LogP contribution in [0.15, 0.2) is 12.1 Å². The number of nitrogens with zero attached hydrogens (tertiary/aromatic N) is 1. The molecule has 0 radical (unpaired) electrons. The third-order valence-corrected chi connectivity index (χ3v) is 5.16. The van der Waals surface area contributed by atoms with Crippen molar-refractivity contribution < 1.29 is 0 Å². The first kappa shape index (κ1) is 14.3. The number of rotatable bonds is 4. The normalized spacial score (nSPS) is 27.3. The molecule has 2 heterocycles. The standard InChI is InChI=1S/C14H23ClN2S/c1-4-10(2)13-7-16-11(3)8-17(13)9-12-5-6-14(15)18-12/h5-6,10-11,13,16H,4,7-9H2,1-3H3. The fourth-order valence-electron chi connectivity index (χ4n) is 2.65. The molecule has 0 bridgehead atoms. The van der Waals surface area contributed by atoms with Crippen LogP contribution in [0.4, 0.5) is 0 Å². The molecule has 3 atom stereocenters. The molecule has 1 fully saturated rings. The van der Waals surface area contributed by atoms with Gasteiger partial charge in [-0.15, -0.1) is 11.3 Å². The van der Waals surface area contributed by atoms with Gasteiger partial charge in [0.15, 0.2) is 0 Å². The van der Waals surface area contributed by atoms with E-state index >= 15 is 0 Å². The van der Waals surface area contributed by atoms with E-state index in [9.17, 15) is 0 Å². The van der Waals surface area contributed by atoms with Gasteiger partial charge in [-0.3, -0.25) is 4.90 Å². The number of hydrogen-bond acceptors (Lipinski definition) is 3. The Hall–Kier alpha value is -0.0900. The third kappa shape index (κ3) is 3.47. The summed E-state index contributed by atoms with van der Waals surface area (Å²) in [6.07, 6.45) is 1.24. The van der Waals surface area contributed by atoms with Crippen LogP contribution in [0.1, 0.15) is 32.1 Å². The van der Waals surface area contributed by atoms with Crippen LogP contribution in [0.25, 0.3) is 0 Å². The maximum atomic E-state index is 6.02. The van der Waals surface area contributed by atoms with Crippen molar-refractivity contribution in [1.29, 1.82) is 0 Å². The van der Waals surface area contributed by atoms with Crippen molar-refractivity contribution in [3.8, 4) is 0 Å². The molecule has 102 valence electrons. The topological polar surface area (TPSA) is 15.3 Å². The molecule has 1 aliphatic heterocycles. The van der Waals surface area contributed by atoms with E-state index in [4.69, 9.17) is 11.6 Å². The molecule has 0 spiro atoms. The molecule has 1 aromatic rings. The van der Waals surface area contributed by atoms with E-state index < -0.39 is 0 Å². The van der Waals surface area contributed by atoms with Gasteiger partial charge in [0.05, 0.1) is 4.34 Å². The van der Waals surface area contributed by atoms with E-state index in [0.717, 1.165) is 29.9 Å². The minimum atomic E-state index is 0.584. The van der Waals surface area contributed by atoms with Crippen molar-refractivity contribution in [3.63, 3.8) is 0 Å². The summed E-state index contributed by atoms with van der Waals surface area (Å²) < 4.78 is 0.897. The first-order valence-electron chi connectivity index (χ1n) is 6.81. The van der Waals surface area contributed by atoms with Crippen LogP contribution in [0.5, 0.6) is 0 Å². The molecule has 1 aliphatic rings. The molecule has 2 nitrogen and oxygen atoms in total. The fourth-order valence-corrected chi connectivity index (χ4v) is 3.77. The smallest absolute Gasteiger partial charge is 0.0931 e. The molecule has 18 heavy (non-hydrogen) atoms. The van der Waals surface area contributed by atoms with Gasteiger partial charge in [-0.2, -0.15) is 0 Å². The maximum Gasteiger partial charge on any atom is 0.0931 e. The lowest BCUT2D eigenvalue weighted by Gasteiger charge is -2.42. The van der Waals surface area contributed by atoms with E-state index in [1.807, 2.05) is 6.07 Å². The molecule has 0 amide bonds. The van der Waals surface area contributed by atoms with Crippen molar-refractivity contribution in [3.05, 3.63) is 21.3 Å². The Labute approximate surface area is 119 Å². The first-order chi connectivity index (χ1) is 8.60. The zero-order chi connectivity index (χ0) is 13.1. The fraction of sp³-hybridized carbons (Fsp3) is 0.714. The summed E-state index contributed by atoms with van der Waals surface area (Å²) in [5.74, 6) is 0.737. The average Bonchev–Trinajstić information content (AvgIpc) is 2.74. The monoisotopic (exact) mass is 286 g/mol. The van der Waals surface area contributed by atoms with E-state index in [-0.39, 0.29) is 0 Å². The minimum Gasteiger partial charge on any atom is -0.311 e. The lowest BCUT2D eigenvalue weighted by atomic mass is 9.94. The Kier molecular flexibility index (Phi) is 5.07. The van der Waals surface area contributed by atoms with Gasteiger partial charge in [-0.05, 0) is 25.0 Å². The summed E-state index contributed by atoms with van der Waals surface area (Å²) in [7, 11) is 0. The van der Waals surface area contributed by atoms with Gasteiger partial charge >= 0.3 is 0 Å². The molecule has 0 aliphatic carbocycles. The van der Waals surface area contributed by atoms with Crippen molar-refractivity contribution in [1.82, 2.24) is 10.2 Å². The number of halogens is 1. The van der Waals surface area contributed by atoms with E-state index in [1.54, 1.807) is 11.3 Å². The third-order valence-electron chi connectivity index (χ3n) is 3.94. The van der Waals surface area contributed by atoms with Crippen LogP contribution in [0.2, 0.25) is 4.34 Å². The summed E-state index contributed by atoms with van der Waals surface area (Å²) in [4.78, 5) is 4.00. The van der Waals surface area contributed by atoms with Gasteiger partial charge in [0.25, 0.3) is 0 Å². The zero-order valence-electron chi connectivity index (χ0n) is 11.4. The number of piperazine rings is 1. The molecule has 2 rings (SSSR count). The summed E-state index contributed by atoms with van der Waals surface area (Å²) in [5.41, 5.74) is 0. The van der Waals surface area contributed by atoms with Crippen LogP contribution < -0.4 is 5.32 Å². The molecule has 0 aromatic carbocycles. The number of thiophene rings is 1. The van der Waals surface area contributed by atoms with Crippen molar-refractivity contribution >= 4 is 22.9 Å². The summed E-state index contributed by atoms with van der Waals surface area (Å²) in [6, 6.07) is 5.39. The van der Waals surface area contributed by atoms with Crippen molar-refractivity contribution in [2.45, 2.75) is 45.8 Å². The maximum absolute atomic E-state index is 6.02. The first-order valence-corrected chi connectivity index (χ1v) is 8.01. The van der Waals surface area contributed by atoms with E-state index in [0.29, 0.717) is 12.1 Å². The number of hydrogen-bond donors (Lipinski definition) is 1. The average molecular weight is 287 g/mol. The van der Waals surface area contributed by atoms with Crippen LogP contribution in [-0.2, 0) is 6.54 Å². The van der Waals surface area contributed by atoms with Gasteiger partial charge in [0, 0.05) is 36.6 Å². The van der Waals surface area contributed by atoms with Crippen LogP contribution >= 0.6 is 22.9 Å². The van der Waals surface area contributed by atoms with Crippen molar-refractivity contribution in [2.75, 3.05) is 13.1 Å². The Morgan fingerprint density at radius 1 is 1.56 bits per heavy atom. The molecule has 1 N–H and O–H groups in total. The Morgan fingerprint density at radius 3 is 2.94 bits per heavy atom. The SMILES string of the molecule is CCC(C)C1CNC(C)CN1Cc1ccc(Cl)s1. The van der Waals surface area contributed by atoms with Gasteiger partial charge in [0.2, 0.25) is 0 Å². The predicted molar refractivity (Wildman–Crippen MR) is 80.4 cm³/mol. The highest BCUT2D eigenvalue weighted by Gasteiger charge is 2.29. The summed E-state index contributed by atoms with van der Waals surface area (Å²) in [6.45, 7) is 10.2. The van der Waals surface area contributed by atoms with Crippen LogP contribution in [-0.4, -0.2) is 30.1 Å². The number of nitrogens with one attached hydrogen (secondary N) is 1. The largest absolute Gasteiger partial charge is 0.311 e. The minimum absolute atomic E-state index is 0.584. The highest BCUT2D eigenvalue weighted by molar-refractivity contribution is 7.16. The Bertz CT molecular complexity index is 380. The van der Waals surface area contributed by atoms with Gasteiger partial charge in [-0.25, -0.2) is 0 Å². The highest BCUT2D eigenvalue weighted by Crippen LogP contribution is 2.26. The molecular formula is C14H23ClN2S.